The molecule has 0 aromatic carbocycles. The minimum atomic E-state index is -0.801. The van der Waals surface area contributed by atoms with E-state index in [-0.39, 0.29) is 12.6 Å². The van der Waals surface area contributed by atoms with Gasteiger partial charge in [0.1, 0.15) is 13.2 Å². The van der Waals surface area contributed by atoms with Crippen molar-refractivity contribution in [1.29, 1.82) is 0 Å². The molecule has 1 aliphatic heterocycles. The fraction of sp³-hybridized carbons (Fsp3) is 0.615. The van der Waals surface area contributed by atoms with E-state index in [1.165, 1.54) is 0 Å². The molecule has 6 heteroatoms. The standard InChI is InChI=1S/C13H19NO4S/c1-8-12-13(9(2)19-8)18-10(7-17-12)5-14(3,4)6-11(15)16/h10H,5-7H2,1-4H3/p+1. The van der Waals surface area contributed by atoms with Gasteiger partial charge in [0.15, 0.2) is 24.1 Å². The number of carbonyl (C=O) groups is 1. The van der Waals surface area contributed by atoms with Crippen molar-refractivity contribution >= 4 is 17.3 Å². The maximum atomic E-state index is 10.8. The van der Waals surface area contributed by atoms with Crippen LogP contribution in [0.2, 0.25) is 0 Å². The second-order valence-electron chi connectivity index (χ2n) is 5.59. The zero-order valence-electron chi connectivity index (χ0n) is 11.7. The Labute approximate surface area is 117 Å². The number of nitrogens with zero attached hydrogens (tertiary/aromatic N) is 1. The van der Waals surface area contributed by atoms with Crippen molar-refractivity contribution in [2.45, 2.75) is 20.0 Å². The highest BCUT2D eigenvalue weighted by molar-refractivity contribution is 7.12. The summed E-state index contributed by atoms with van der Waals surface area (Å²) in [4.78, 5) is 13.1. The molecule has 1 aromatic heterocycles. The molecular weight excluding hydrogens is 266 g/mol. The third-order valence-electron chi connectivity index (χ3n) is 3.11. The fourth-order valence-electron chi connectivity index (χ4n) is 2.39. The highest BCUT2D eigenvalue weighted by Crippen LogP contribution is 2.43. The van der Waals surface area contributed by atoms with Crippen LogP contribution in [-0.2, 0) is 4.79 Å². The van der Waals surface area contributed by atoms with Crippen molar-refractivity contribution in [3.05, 3.63) is 9.75 Å². The average molecular weight is 286 g/mol. The number of hydrogen-bond donors (Lipinski definition) is 1. The van der Waals surface area contributed by atoms with Gasteiger partial charge in [0.05, 0.1) is 14.1 Å². The van der Waals surface area contributed by atoms with Crippen molar-refractivity contribution in [2.24, 2.45) is 0 Å². The lowest BCUT2D eigenvalue weighted by Gasteiger charge is -2.33. The molecule has 0 aliphatic carbocycles. The molecule has 1 atom stereocenters. The smallest absolute Gasteiger partial charge is 0.359 e. The van der Waals surface area contributed by atoms with Crippen molar-refractivity contribution in [1.82, 2.24) is 0 Å². The lowest BCUT2D eigenvalue weighted by molar-refractivity contribution is -0.885. The Morgan fingerprint density at radius 3 is 2.63 bits per heavy atom. The first-order chi connectivity index (χ1) is 8.78. The maximum Gasteiger partial charge on any atom is 0.359 e. The van der Waals surface area contributed by atoms with Gasteiger partial charge >= 0.3 is 5.97 Å². The highest BCUT2D eigenvalue weighted by Gasteiger charge is 2.32. The number of aliphatic carboxylic acids is 1. The summed E-state index contributed by atoms with van der Waals surface area (Å²) >= 11 is 1.67. The molecule has 0 radical (unpaired) electrons. The number of likely N-dealkylation sites (N-methyl/N-ethyl adjacent to an activating group) is 1. The molecule has 2 heterocycles. The second kappa shape index (κ2) is 5.02. The Kier molecular flexibility index (Phi) is 3.73. The monoisotopic (exact) mass is 286 g/mol. The molecule has 0 fully saturated rings. The lowest BCUT2D eigenvalue weighted by atomic mass is 10.2. The van der Waals surface area contributed by atoms with Crippen LogP contribution in [0.15, 0.2) is 0 Å². The van der Waals surface area contributed by atoms with Crippen LogP contribution < -0.4 is 9.47 Å². The molecule has 0 saturated heterocycles. The van der Waals surface area contributed by atoms with E-state index in [2.05, 4.69) is 0 Å². The number of rotatable bonds is 4. The van der Waals surface area contributed by atoms with E-state index in [1.54, 1.807) is 11.3 Å². The van der Waals surface area contributed by atoms with Crippen LogP contribution in [0, 0.1) is 13.8 Å². The average Bonchev–Trinajstić information content (AvgIpc) is 2.51. The van der Waals surface area contributed by atoms with E-state index in [0.717, 1.165) is 21.3 Å². The number of aryl methyl sites for hydroxylation is 2. The Balaban J connectivity index is 2.06. The Hall–Kier alpha value is -1.27. The van der Waals surface area contributed by atoms with Gasteiger partial charge in [-0.05, 0) is 13.8 Å². The summed E-state index contributed by atoms with van der Waals surface area (Å²) in [7, 11) is 3.78. The van der Waals surface area contributed by atoms with Crippen LogP contribution in [0.3, 0.4) is 0 Å². The molecule has 1 unspecified atom stereocenters. The maximum absolute atomic E-state index is 10.8. The Morgan fingerprint density at radius 2 is 2.00 bits per heavy atom. The normalized spacial score (nSPS) is 18.4. The molecule has 1 aromatic rings. The van der Waals surface area contributed by atoms with Gasteiger partial charge in [0, 0.05) is 9.75 Å². The minimum absolute atomic E-state index is 0.0777. The van der Waals surface area contributed by atoms with E-state index < -0.39 is 5.97 Å². The van der Waals surface area contributed by atoms with Crippen LogP contribution in [0.1, 0.15) is 9.75 Å². The molecule has 0 spiro atoms. The molecule has 19 heavy (non-hydrogen) atoms. The number of carboxylic acid groups (broad SMARTS) is 1. The first-order valence-electron chi connectivity index (χ1n) is 6.22. The summed E-state index contributed by atoms with van der Waals surface area (Å²) < 4.78 is 12.1. The Bertz CT molecular complexity index is 495. The topological polar surface area (TPSA) is 55.8 Å². The molecule has 0 bridgehead atoms. The largest absolute Gasteiger partial charge is 0.484 e. The summed E-state index contributed by atoms with van der Waals surface area (Å²) in [5.41, 5.74) is 0. The van der Waals surface area contributed by atoms with E-state index in [4.69, 9.17) is 14.6 Å². The van der Waals surface area contributed by atoms with Crippen molar-refractivity contribution in [2.75, 3.05) is 33.8 Å². The first kappa shape index (κ1) is 14.1. The molecular formula is C13H20NO4S+. The summed E-state index contributed by atoms with van der Waals surface area (Å²) in [5, 5.41) is 8.90. The lowest BCUT2D eigenvalue weighted by Crippen LogP contribution is -2.51. The molecule has 1 aliphatic rings. The van der Waals surface area contributed by atoms with Crippen molar-refractivity contribution in [3.8, 4) is 11.5 Å². The van der Waals surface area contributed by atoms with E-state index in [0.29, 0.717) is 17.6 Å². The molecule has 106 valence electrons. The van der Waals surface area contributed by atoms with Gasteiger partial charge in [-0.3, -0.25) is 0 Å². The van der Waals surface area contributed by atoms with Crippen molar-refractivity contribution < 1.29 is 23.9 Å². The van der Waals surface area contributed by atoms with Gasteiger partial charge in [-0.2, -0.15) is 0 Å². The molecule has 0 saturated carbocycles. The van der Waals surface area contributed by atoms with Gasteiger partial charge in [-0.1, -0.05) is 0 Å². The van der Waals surface area contributed by atoms with Crippen molar-refractivity contribution in [3.63, 3.8) is 0 Å². The zero-order chi connectivity index (χ0) is 14.2. The van der Waals surface area contributed by atoms with Crippen LogP contribution >= 0.6 is 11.3 Å². The number of carboxylic acids is 1. The summed E-state index contributed by atoms with van der Waals surface area (Å²) in [5.74, 6) is 0.876. The zero-order valence-corrected chi connectivity index (χ0v) is 12.5. The molecule has 2 rings (SSSR count). The van der Waals surface area contributed by atoms with Gasteiger partial charge in [0.2, 0.25) is 0 Å². The number of quaternary nitrogens is 1. The SMILES string of the molecule is Cc1sc(C)c2c1OCC(C[N+](C)(C)CC(=O)O)O2. The van der Waals surface area contributed by atoms with Crippen LogP contribution in [0.25, 0.3) is 0 Å². The minimum Gasteiger partial charge on any atom is -0.484 e. The number of ether oxygens (including phenoxy) is 2. The predicted octanol–water partition coefficient (Wildman–Crippen LogP) is 1.67. The van der Waals surface area contributed by atoms with Crippen LogP contribution in [0.5, 0.6) is 11.5 Å². The Morgan fingerprint density at radius 1 is 1.37 bits per heavy atom. The van der Waals surface area contributed by atoms with E-state index in [9.17, 15) is 4.79 Å². The first-order valence-corrected chi connectivity index (χ1v) is 7.03. The number of thiophene rings is 1. The van der Waals surface area contributed by atoms with Crippen LogP contribution in [0.4, 0.5) is 0 Å². The number of hydrogen-bond acceptors (Lipinski definition) is 4. The van der Waals surface area contributed by atoms with Gasteiger partial charge in [-0.25, -0.2) is 4.79 Å². The third kappa shape index (κ3) is 3.19. The predicted molar refractivity (Wildman–Crippen MR) is 73.2 cm³/mol. The van der Waals surface area contributed by atoms with E-state index in [1.807, 2.05) is 27.9 Å². The fourth-order valence-corrected chi connectivity index (χ4v) is 3.33. The van der Waals surface area contributed by atoms with E-state index >= 15 is 0 Å². The second-order valence-corrected chi connectivity index (χ2v) is 7.02. The number of fused-ring (bicyclic) bond motifs is 1. The summed E-state index contributed by atoms with van der Waals surface area (Å²) in [6.07, 6.45) is -0.102. The molecule has 0 amide bonds. The van der Waals surface area contributed by atoms with Gasteiger partial charge in [0.25, 0.3) is 0 Å². The molecule has 1 N–H and O–H groups in total. The highest BCUT2D eigenvalue weighted by atomic mass is 32.1. The molecule has 5 nitrogen and oxygen atoms in total. The summed E-state index contributed by atoms with van der Waals surface area (Å²) in [6.45, 7) is 5.20. The van der Waals surface area contributed by atoms with Crippen LogP contribution in [-0.4, -0.2) is 55.5 Å². The third-order valence-corrected chi connectivity index (χ3v) is 4.09. The quantitative estimate of drug-likeness (QED) is 0.855. The van der Waals surface area contributed by atoms with Gasteiger partial charge < -0.3 is 19.1 Å². The van der Waals surface area contributed by atoms with Gasteiger partial charge in [-0.15, -0.1) is 11.3 Å². The summed E-state index contributed by atoms with van der Waals surface area (Å²) in [6, 6.07) is 0.